The van der Waals surface area contributed by atoms with Crippen molar-refractivity contribution in [2.24, 2.45) is 11.8 Å². The maximum absolute atomic E-state index is 11.0. The Labute approximate surface area is 154 Å². The van der Waals surface area contributed by atoms with E-state index < -0.39 is 11.2 Å². The lowest BCUT2D eigenvalue weighted by atomic mass is 9.76. The minimum atomic E-state index is -0.484. The smallest absolute Gasteiger partial charge is 0.0893 e. The van der Waals surface area contributed by atoms with Gasteiger partial charge in [0, 0.05) is 29.2 Å². The van der Waals surface area contributed by atoms with Crippen molar-refractivity contribution >= 4 is 23.5 Å². The van der Waals surface area contributed by atoms with Crippen LogP contribution in [-0.2, 0) is 0 Å². The highest BCUT2D eigenvalue weighted by molar-refractivity contribution is 8.17. The van der Waals surface area contributed by atoms with Crippen molar-refractivity contribution in [1.82, 2.24) is 9.80 Å². The lowest BCUT2D eigenvalue weighted by Crippen LogP contribution is -2.60. The van der Waals surface area contributed by atoms with Gasteiger partial charge in [0.15, 0.2) is 0 Å². The fourth-order valence-electron chi connectivity index (χ4n) is 5.19. The van der Waals surface area contributed by atoms with Crippen molar-refractivity contribution in [2.75, 3.05) is 50.8 Å². The van der Waals surface area contributed by atoms with Crippen molar-refractivity contribution < 1.29 is 10.2 Å². The Morgan fingerprint density at radius 2 is 1.21 bits per heavy atom. The highest BCUT2D eigenvalue weighted by Crippen LogP contribution is 2.42. The third-order valence-electron chi connectivity index (χ3n) is 6.83. The van der Waals surface area contributed by atoms with E-state index in [4.69, 9.17) is 0 Å². The summed E-state index contributed by atoms with van der Waals surface area (Å²) in [6.07, 6.45) is 4.65. The highest BCUT2D eigenvalue weighted by Gasteiger charge is 2.47. The van der Waals surface area contributed by atoms with Crippen LogP contribution in [0.15, 0.2) is 0 Å². The van der Waals surface area contributed by atoms with Crippen molar-refractivity contribution in [1.29, 1.82) is 0 Å². The summed E-state index contributed by atoms with van der Waals surface area (Å²) in [5, 5.41) is 22.1. The summed E-state index contributed by atoms with van der Waals surface area (Å²) in [4.78, 5) is 4.85. The van der Waals surface area contributed by atoms with Gasteiger partial charge in [0.05, 0.1) is 11.2 Å². The van der Waals surface area contributed by atoms with Gasteiger partial charge >= 0.3 is 0 Å². The molecule has 6 heteroatoms. The molecule has 6 aliphatic rings. The van der Waals surface area contributed by atoms with E-state index in [1.165, 1.54) is 26.2 Å². The standard InChI is InChI=1S/C18H32N2O2S2/c1-14(23-12-17(21)10-19-6-2-15(17)3-7-19)24-13-18(22)11-20-8-4-16(18)5-9-20/h14-16,21-22H,2-13H2,1H3. The van der Waals surface area contributed by atoms with Crippen LogP contribution in [0.5, 0.6) is 0 Å². The van der Waals surface area contributed by atoms with E-state index in [-0.39, 0.29) is 0 Å². The molecule has 2 N–H and O–H groups in total. The van der Waals surface area contributed by atoms with Gasteiger partial charge in [0.2, 0.25) is 0 Å². The molecule has 4 bridgehead atoms. The Kier molecular flexibility index (Phi) is 5.18. The van der Waals surface area contributed by atoms with E-state index in [0.717, 1.165) is 50.3 Å². The lowest BCUT2D eigenvalue weighted by molar-refractivity contribution is -0.0949. The first-order chi connectivity index (χ1) is 11.5. The summed E-state index contributed by atoms with van der Waals surface area (Å²) in [6, 6.07) is 0. The second kappa shape index (κ2) is 6.93. The molecule has 0 aromatic rings. The number of piperidine rings is 6. The monoisotopic (exact) mass is 372 g/mol. The quantitative estimate of drug-likeness (QED) is 0.692. The van der Waals surface area contributed by atoms with Gasteiger partial charge in [-0.1, -0.05) is 0 Å². The van der Waals surface area contributed by atoms with Crippen molar-refractivity contribution in [3.05, 3.63) is 0 Å². The zero-order valence-corrected chi connectivity index (χ0v) is 16.5. The largest absolute Gasteiger partial charge is 0.387 e. The van der Waals surface area contributed by atoms with E-state index in [1.54, 1.807) is 0 Å². The molecule has 0 spiro atoms. The van der Waals surface area contributed by atoms with E-state index in [2.05, 4.69) is 16.7 Å². The molecule has 6 aliphatic heterocycles. The molecule has 24 heavy (non-hydrogen) atoms. The predicted molar refractivity (Wildman–Crippen MR) is 103 cm³/mol. The van der Waals surface area contributed by atoms with Gasteiger partial charge in [-0.15, -0.1) is 23.5 Å². The number of thioether (sulfide) groups is 2. The molecule has 0 radical (unpaired) electrons. The van der Waals surface area contributed by atoms with Crippen LogP contribution in [0.25, 0.3) is 0 Å². The number of fused-ring (bicyclic) bond motifs is 6. The topological polar surface area (TPSA) is 46.9 Å². The molecule has 138 valence electrons. The third-order valence-corrected chi connectivity index (χ3v) is 9.91. The molecule has 0 saturated carbocycles. The summed E-state index contributed by atoms with van der Waals surface area (Å²) in [5.74, 6) is 2.68. The van der Waals surface area contributed by atoms with Gasteiger partial charge in [-0.3, -0.25) is 0 Å². The third kappa shape index (κ3) is 3.52. The molecule has 4 nitrogen and oxygen atoms in total. The fraction of sp³-hybridized carbons (Fsp3) is 1.00. The molecular formula is C18H32N2O2S2. The van der Waals surface area contributed by atoms with Gasteiger partial charge in [0.1, 0.15) is 0 Å². The Morgan fingerprint density at radius 1 is 0.833 bits per heavy atom. The highest BCUT2D eigenvalue weighted by atomic mass is 32.2. The maximum atomic E-state index is 11.0. The van der Waals surface area contributed by atoms with E-state index >= 15 is 0 Å². The average Bonchev–Trinajstić information content (AvgIpc) is 2.60. The number of aliphatic hydroxyl groups is 2. The Bertz CT molecular complexity index is 412. The minimum absolute atomic E-state index is 0.434. The molecule has 6 rings (SSSR count). The number of hydrogen-bond donors (Lipinski definition) is 2. The second-order valence-corrected chi connectivity index (χ2v) is 11.5. The van der Waals surface area contributed by atoms with Gasteiger partial charge in [0.25, 0.3) is 0 Å². The summed E-state index contributed by atoms with van der Waals surface area (Å²) in [6.45, 7) is 8.66. The Hall–Kier alpha value is 0.540. The summed E-state index contributed by atoms with van der Waals surface area (Å²) in [7, 11) is 0. The van der Waals surface area contributed by atoms with E-state index in [0.29, 0.717) is 16.4 Å². The van der Waals surface area contributed by atoms with E-state index in [1.807, 2.05) is 23.5 Å². The maximum Gasteiger partial charge on any atom is 0.0893 e. The van der Waals surface area contributed by atoms with Crippen LogP contribution in [0, 0.1) is 11.8 Å². The van der Waals surface area contributed by atoms with Crippen LogP contribution in [0.3, 0.4) is 0 Å². The van der Waals surface area contributed by atoms with Gasteiger partial charge in [-0.25, -0.2) is 0 Å². The normalized spacial score (nSPS) is 48.6. The molecule has 0 amide bonds. The molecule has 0 aromatic heterocycles. The predicted octanol–water partition coefficient (Wildman–Crippen LogP) is 1.71. The van der Waals surface area contributed by atoms with Crippen LogP contribution >= 0.6 is 23.5 Å². The van der Waals surface area contributed by atoms with Crippen molar-refractivity contribution in [3.63, 3.8) is 0 Å². The summed E-state index contributed by atoms with van der Waals surface area (Å²) in [5.41, 5.74) is -0.967. The molecule has 0 aliphatic carbocycles. The fourth-order valence-corrected chi connectivity index (χ4v) is 7.68. The SMILES string of the molecule is CC(SCC1(O)CN2CCC1CC2)SCC1(O)CN2CCC1CC2. The molecular weight excluding hydrogens is 340 g/mol. The molecule has 6 heterocycles. The van der Waals surface area contributed by atoms with Gasteiger partial charge < -0.3 is 20.0 Å². The van der Waals surface area contributed by atoms with Gasteiger partial charge in [-0.05, 0) is 70.6 Å². The Balaban J connectivity index is 1.24. The van der Waals surface area contributed by atoms with Crippen molar-refractivity contribution in [2.45, 2.75) is 48.4 Å². The molecule has 0 aromatic carbocycles. The molecule has 6 saturated heterocycles. The minimum Gasteiger partial charge on any atom is -0.387 e. The number of nitrogens with zero attached hydrogens (tertiary/aromatic N) is 2. The first kappa shape index (κ1) is 17.9. The Morgan fingerprint density at radius 3 is 1.50 bits per heavy atom. The zero-order valence-electron chi connectivity index (χ0n) is 14.8. The zero-order chi connectivity index (χ0) is 16.8. The van der Waals surface area contributed by atoms with Crippen LogP contribution in [-0.4, -0.2) is 86.6 Å². The van der Waals surface area contributed by atoms with E-state index in [9.17, 15) is 10.2 Å². The lowest BCUT2D eigenvalue weighted by Gasteiger charge is -2.51. The van der Waals surface area contributed by atoms with Crippen LogP contribution < -0.4 is 0 Å². The molecule has 2 atom stereocenters. The van der Waals surface area contributed by atoms with Crippen LogP contribution in [0.2, 0.25) is 0 Å². The van der Waals surface area contributed by atoms with Crippen molar-refractivity contribution in [3.8, 4) is 0 Å². The number of rotatable bonds is 6. The first-order valence-electron chi connectivity index (χ1n) is 9.60. The summed E-state index contributed by atoms with van der Waals surface area (Å²) >= 11 is 3.78. The number of hydrogen-bond acceptors (Lipinski definition) is 6. The second-order valence-electron chi connectivity index (χ2n) is 8.50. The average molecular weight is 373 g/mol. The molecule has 6 fully saturated rings. The van der Waals surface area contributed by atoms with Crippen LogP contribution in [0.4, 0.5) is 0 Å². The summed E-state index contributed by atoms with van der Waals surface area (Å²) < 4.78 is 0.434. The van der Waals surface area contributed by atoms with Crippen LogP contribution in [0.1, 0.15) is 32.6 Å². The first-order valence-corrected chi connectivity index (χ1v) is 11.7. The van der Waals surface area contributed by atoms with Gasteiger partial charge in [-0.2, -0.15) is 0 Å². The molecule has 2 unspecified atom stereocenters.